The normalized spacial score (nSPS) is 19.3. The highest BCUT2D eigenvalue weighted by atomic mass is 127. The maximum absolute atomic E-state index is 12.8. The van der Waals surface area contributed by atoms with Gasteiger partial charge in [0, 0.05) is 17.8 Å². The first-order valence-electron chi connectivity index (χ1n) is 9.73. The van der Waals surface area contributed by atoms with E-state index in [1.54, 1.807) is 27.5 Å². The Morgan fingerprint density at radius 1 is 1.24 bits per heavy atom. The summed E-state index contributed by atoms with van der Waals surface area (Å²) in [5.41, 5.74) is 3.05. The van der Waals surface area contributed by atoms with Crippen LogP contribution in [0.4, 0.5) is 22.9 Å². The molecule has 7 nitrogen and oxygen atoms in total. The quantitative estimate of drug-likeness (QED) is 0.376. The van der Waals surface area contributed by atoms with Gasteiger partial charge in [-0.1, -0.05) is 18.9 Å². The molecule has 0 radical (unpaired) electrons. The average molecular weight is 506 g/mol. The van der Waals surface area contributed by atoms with Crippen molar-refractivity contribution < 1.29 is 14.3 Å². The predicted molar refractivity (Wildman–Crippen MR) is 121 cm³/mol. The second-order valence-corrected chi connectivity index (χ2v) is 8.36. The predicted octanol–water partition coefficient (Wildman–Crippen LogP) is 4.45. The summed E-state index contributed by atoms with van der Waals surface area (Å²) in [6.45, 7) is 1.97. The molecular weight excluding hydrogens is 483 g/mol. The largest absolute Gasteiger partial charge is 0.465 e. The third kappa shape index (κ3) is 3.77. The number of nitrogens with one attached hydrogen (secondary N) is 1. The van der Waals surface area contributed by atoms with Crippen molar-refractivity contribution >= 4 is 57.6 Å². The molecule has 2 aliphatic rings. The van der Waals surface area contributed by atoms with Gasteiger partial charge in [0.1, 0.15) is 11.9 Å². The molecule has 152 valence electrons. The van der Waals surface area contributed by atoms with Crippen molar-refractivity contribution in [3.63, 3.8) is 0 Å². The molecular formula is C21H23IN4O3. The molecule has 1 fully saturated rings. The summed E-state index contributed by atoms with van der Waals surface area (Å²) < 4.78 is 6.46. The summed E-state index contributed by atoms with van der Waals surface area (Å²) in [5.74, 6) is 0.366. The van der Waals surface area contributed by atoms with E-state index >= 15 is 0 Å². The number of rotatable bonds is 4. The molecule has 0 unspecified atom stereocenters. The van der Waals surface area contributed by atoms with E-state index in [2.05, 4.69) is 38.1 Å². The van der Waals surface area contributed by atoms with E-state index in [0.717, 1.165) is 29.9 Å². The number of carbonyl (C=O) groups is 2. The van der Waals surface area contributed by atoms with Gasteiger partial charge in [0.25, 0.3) is 5.91 Å². The lowest BCUT2D eigenvalue weighted by atomic mass is 10.1. The van der Waals surface area contributed by atoms with Crippen molar-refractivity contribution in [1.29, 1.82) is 0 Å². The minimum atomic E-state index is -0.382. The van der Waals surface area contributed by atoms with Gasteiger partial charge in [-0.05, 0) is 38.0 Å². The second-order valence-electron chi connectivity index (χ2n) is 7.40. The molecule has 1 amide bonds. The number of esters is 1. The molecule has 1 aromatic carbocycles. The highest BCUT2D eigenvalue weighted by Crippen LogP contribution is 2.42. The zero-order valence-electron chi connectivity index (χ0n) is 16.4. The molecule has 2 aromatic rings. The van der Waals surface area contributed by atoms with Crippen LogP contribution in [0.15, 0.2) is 36.5 Å². The van der Waals surface area contributed by atoms with Crippen LogP contribution in [0, 0.1) is 0 Å². The number of methoxy groups -OCH3 is 1. The fourth-order valence-corrected chi connectivity index (χ4v) is 4.93. The number of nitrogens with zero attached hydrogens (tertiary/aromatic N) is 3. The van der Waals surface area contributed by atoms with Gasteiger partial charge in [0.2, 0.25) is 0 Å². The van der Waals surface area contributed by atoms with Gasteiger partial charge in [-0.15, -0.1) is 0 Å². The number of aromatic nitrogens is 1. The first-order valence-corrected chi connectivity index (χ1v) is 10.7. The van der Waals surface area contributed by atoms with Crippen molar-refractivity contribution in [2.24, 2.45) is 0 Å². The Hall–Kier alpha value is -2.36. The fourth-order valence-electron chi connectivity index (χ4n) is 4.16. The van der Waals surface area contributed by atoms with Crippen molar-refractivity contribution in [1.82, 2.24) is 4.98 Å². The van der Waals surface area contributed by atoms with Crippen LogP contribution in [-0.4, -0.2) is 36.1 Å². The summed E-state index contributed by atoms with van der Waals surface area (Å²) in [4.78, 5) is 31.3. The fraction of sp³-hybridized carbons (Fsp3) is 0.381. The van der Waals surface area contributed by atoms with E-state index in [9.17, 15) is 9.59 Å². The first kappa shape index (κ1) is 19.9. The Kier molecular flexibility index (Phi) is 5.62. The Labute approximate surface area is 183 Å². The van der Waals surface area contributed by atoms with Crippen LogP contribution in [0.1, 0.15) is 43.0 Å². The number of ether oxygens (including phenoxy) is 1. The minimum absolute atomic E-state index is 0.0817. The van der Waals surface area contributed by atoms with Gasteiger partial charge in [-0.3, -0.25) is 4.79 Å². The van der Waals surface area contributed by atoms with Crippen LogP contribution in [0.2, 0.25) is 0 Å². The average Bonchev–Trinajstić information content (AvgIpc) is 3.26. The summed E-state index contributed by atoms with van der Waals surface area (Å²) in [6.07, 6.45) is 6.33. The molecule has 0 saturated heterocycles. The lowest BCUT2D eigenvalue weighted by molar-refractivity contribution is -0.118. The van der Waals surface area contributed by atoms with Gasteiger partial charge >= 0.3 is 5.97 Å². The molecule has 2 heterocycles. The maximum Gasteiger partial charge on any atom is 0.337 e. The molecule has 29 heavy (non-hydrogen) atoms. The lowest BCUT2D eigenvalue weighted by Crippen LogP contribution is -2.52. The Morgan fingerprint density at radius 2 is 2.00 bits per heavy atom. The van der Waals surface area contributed by atoms with Gasteiger partial charge in [0.15, 0.2) is 0 Å². The van der Waals surface area contributed by atoms with Gasteiger partial charge in [0.05, 0.1) is 53.1 Å². The van der Waals surface area contributed by atoms with Crippen LogP contribution in [0.5, 0.6) is 0 Å². The Bertz CT molecular complexity index is 945. The minimum Gasteiger partial charge on any atom is -0.465 e. The van der Waals surface area contributed by atoms with Crippen LogP contribution < -0.4 is 13.3 Å². The molecule has 1 aliphatic carbocycles. The molecule has 8 heteroatoms. The molecule has 1 aliphatic heterocycles. The maximum atomic E-state index is 12.8. The molecule has 1 atom stereocenters. The Balaban J connectivity index is 1.68. The van der Waals surface area contributed by atoms with Crippen LogP contribution >= 0.6 is 22.9 Å². The number of halogens is 1. The van der Waals surface area contributed by atoms with Crippen molar-refractivity contribution in [2.45, 2.75) is 44.7 Å². The van der Waals surface area contributed by atoms with Gasteiger partial charge in [-0.25, -0.2) is 12.9 Å². The number of benzene rings is 1. The molecule has 1 saturated carbocycles. The zero-order valence-corrected chi connectivity index (χ0v) is 18.5. The monoisotopic (exact) mass is 506 g/mol. The van der Waals surface area contributed by atoms with Crippen molar-refractivity contribution in [3.05, 3.63) is 42.1 Å². The number of amides is 1. The zero-order chi connectivity index (χ0) is 20.5. The van der Waals surface area contributed by atoms with Gasteiger partial charge in [-0.2, -0.15) is 0 Å². The molecule has 1 N–H and O–H groups in total. The number of carbonyl (C=O) groups excluding carboxylic acids is 2. The van der Waals surface area contributed by atoms with Crippen LogP contribution in [0.3, 0.4) is 0 Å². The van der Waals surface area contributed by atoms with E-state index in [-0.39, 0.29) is 17.9 Å². The second kappa shape index (κ2) is 8.17. The summed E-state index contributed by atoms with van der Waals surface area (Å²) in [5, 5.41) is 3.27. The molecule has 4 rings (SSSR count). The number of pyridine rings is 1. The highest BCUT2D eigenvalue weighted by Gasteiger charge is 2.39. The Morgan fingerprint density at radius 3 is 2.72 bits per heavy atom. The van der Waals surface area contributed by atoms with E-state index in [1.807, 2.05) is 19.1 Å². The van der Waals surface area contributed by atoms with Gasteiger partial charge < -0.3 is 15.0 Å². The summed E-state index contributed by atoms with van der Waals surface area (Å²) >= 11 is 2.06. The van der Waals surface area contributed by atoms with Crippen molar-refractivity contribution in [3.8, 4) is 0 Å². The smallest absolute Gasteiger partial charge is 0.337 e. The molecule has 0 bridgehead atoms. The van der Waals surface area contributed by atoms with Crippen molar-refractivity contribution in [2.75, 3.05) is 20.4 Å². The first-order chi connectivity index (χ1) is 14.0. The standard InChI is InChI=1S/C21H23IN4O3/c1-13-20(27)26(22)18-12-23-19(11-17(18)25(13)16-8-3-4-9-16)24-15-7-5-6-14(10-15)21(28)29-2/h5-7,10-13,16H,3-4,8-9H2,1-2H3,(H,23,24)/t13-/m1/s1. The van der Waals surface area contributed by atoms with E-state index in [4.69, 9.17) is 4.74 Å². The van der Waals surface area contributed by atoms with E-state index < -0.39 is 0 Å². The van der Waals surface area contributed by atoms with Crippen LogP contribution in [0.25, 0.3) is 0 Å². The van der Waals surface area contributed by atoms with E-state index in [0.29, 0.717) is 17.4 Å². The SMILES string of the molecule is COC(=O)c1cccc(Nc2cc3c(cn2)N(I)C(=O)[C@@H](C)N3C2CCCC2)c1. The lowest BCUT2D eigenvalue weighted by Gasteiger charge is -2.42. The van der Waals surface area contributed by atoms with Crippen LogP contribution in [-0.2, 0) is 9.53 Å². The molecule has 0 spiro atoms. The topological polar surface area (TPSA) is 74.8 Å². The highest BCUT2D eigenvalue weighted by molar-refractivity contribution is 14.1. The number of hydrogen-bond acceptors (Lipinski definition) is 6. The third-order valence-electron chi connectivity index (χ3n) is 5.59. The summed E-state index contributed by atoms with van der Waals surface area (Å²) in [7, 11) is 1.36. The molecule has 1 aromatic heterocycles. The number of fused-ring (bicyclic) bond motifs is 1. The number of hydrogen-bond donors (Lipinski definition) is 1. The van der Waals surface area contributed by atoms with E-state index in [1.165, 1.54) is 20.0 Å². The number of anilines is 4. The third-order valence-corrected chi connectivity index (χ3v) is 6.59. The summed E-state index contributed by atoms with van der Waals surface area (Å²) in [6, 6.07) is 9.27.